The zero-order chi connectivity index (χ0) is 24.1. The van der Waals surface area contributed by atoms with Gasteiger partial charge in [-0.05, 0) is 53.9 Å². The van der Waals surface area contributed by atoms with Gasteiger partial charge in [0.2, 0.25) is 11.8 Å². The van der Waals surface area contributed by atoms with E-state index in [0.717, 1.165) is 34.2 Å². The van der Waals surface area contributed by atoms with Crippen LogP contribution >= 0.6 is 0 Å². The van der Waals surface area contributed by atoms with Gasteiger partial charge in [-0.3, -0.25) is 9.59 Å². The summed E-state index contributed by atoms with van der Waals surface area (Å²) in [5.41, 5.74) is 0.298. The van der Waals surface area contributed by atoms with Crippen molar-refractivity contribution in [2.24, 2.45) is 0 Å². The Balaban J connectivity index is 1.75. The number of fused-ring (bicyclic) bond motifs is 1. The highest BCUT2D eigenvalue weighted by atomic mass is 19.2. The molecule has 0 aliphatic carbocycles. The van der Waals surface area contributed by atoms with Crippen molar-refractivity contribution in [1.29, 1.82) is 0 Å². The molecule has 0 heterocycles. The lowest BCUT2D eigenvalue weighted by Crippen LogP contribution is -2.40. The molecule has 3 aromatic carbocycles. The van der Waals surface area contributed by atoms with Crippen molar-refractivity contribution < 1.29 is 27.5 Å². The molecular formula is C25H25F3N2O3. The molecule has 1 atom stereocenters. The van der Waals surface area contributed by atoms with Crippen LogP contribution in [0.1, 0.15) is 31.7 Å². The Morgan fingerprint density at radius 2 is 1.70 bits per heavy atom. The number of halogens is 3. The lowest BCUT2D eigenvalue weighted by atomic mass is 9.96. The van der Waals surface area contributed by atoms with Crippen LogP contribution in [0.3, 0.4) is 0 Å². The highest BCUT2D eigenvalue weighted by Gasteiger charge is 2.24. The molecule has 2 amide bonds. The molecule has 1 N–H and O–H groups in total. The van der Waals surface area contributed by atoms with E-state index < -0.39 is 35.0 Å². The largest absolute Gasteiger partial charge is 0.497 e. The molecule has 33 heavy (non-hydrogen) atoms. The number of methoxy groups -OCH3 is 1. The third-order valence-electron chi connectivity index (χ3n) is 5.39. The Kier molecular flexibility index (Phi) is 7.58. The Morgan fingerprint density at radius 1 is 1.00 bits per heavy atom. The van der Waals surface area contributed by atoms with Gasteiger partial charge in [0, 0.05) is 6.54 Å². The summed E-state index contributed by atoms with van der Waals surface area (Å²) in [7, 11) is 1.59. The summed E-state index contributed by atoms with van der Waals surface area (Å²) < 4.78 is 45.6. The Morgan fingerprint density at radius 3 is 2.39 bits per heavy atom. The third kappa shape index (κ3) is 5.45. The first-order valence-corrected chi connectivity index (χ1v) is 10.5. The van der Waals surface area contributed by atoms with Gasteiger partial charge in [0.15, 0.2) is 17.5 Å². The number of nitrogens with one attached hydrogen (secondary N) is 1. The van der Waals surface area contributed by atoms with Gasteiger partial charge in [-0.2, -0.15) is 0 Å². The summed E-state index contributed by atoms with van der Waals surface area (Å²) in [6.07, 6.45) is 0.600. The summed E-state index contributed by atoms with van der Waals surface area (Å²) in [5.74, 6) is -5.29. The molecule has 0 saturated carbocycles. The topological polar surface area (TPSA) is 58.6 Å². The second-order valence-electron chi connectivity index (χ2n) is 7.73. The van der Waals surface area contributed by atoms with E-state index >= 15 is 0 Å². The van der Waals surface area contributed by atoms with Crippen molar-refractivity contribution in [3.63, 3.8) is 0 Å². The molecule has 174 valence electrons. The summed E-state index contributed by atoms with van der Waals surface area (Å²) in [4.78, 5) is 27.0. The van der Waals surface area contributed by atoms with Crippen LogP contribution in [0.5, 0.6) is 5.75 Å². The quantitative estimate of drug-likeness (QED) is 0.470. The predicted molar refractivity (Wildman–Crippen MR) is 121 cm³/mol. The number of hydrogen-bond acceptors (Lipinski definition) is 3. The first-order chi connectivity index (χ1) is 15.7. The molecule has 8 heteroatoms. The molecule has 0 aliphatic heterocycles. The number of carbonyl (C=O) groups excluding carboxylic acids is 2. The predicted octanol–water partition coefficient (Wildman–Crippen LogP) is 5.25. The van der Waals surface area contributed by atoms with Crippen LogP contribution in [-0.2, 0) is 9.59 Å². The van der Waals surface area contributed by atoms with Crippen LogP contribution in [0.4, 0.5) is 18.9 Å². The minimum absolute atomic E-state index is 0.273. The van der Waals surface area contributed by atoms with Crippen LogP contribution in [-0.4, -0.2) is 36.9 Å². The SMILES string of the molecule is CCCN(CC(=O)Nc1ccc(F)c(F)c1F)C(=O)[C@@H](C)c1ccc2cc(OC)ccc2c1. The smallest absolute Gasteiger partial charge is 0.244 e. The average Bonchev–Trinajstić information content (AvgIpc) is 2.82. The van der Waals surface area contributed by atoms with Crippen LogP contribution < -0.4 is 10.1 Å². The summed E-state index contributed by atoms with van der Waals surface area (Å²) in [5, 5.41) is 4.12. The van der Waals surface area contributed by atoms with Gasteiger partial charge >= 0.3 is 0 Å². The van der Waals surface area contributed by atoms with Gasteiger partial charge in [0.05, 0.1) is 25.3 Å². The highest BCUT2D eigenvalue weighted by Crippen LogP contribution is 2.26. The van der Waals surface area contributed by atoms with Gasteiger partial charge in [-0.1, -0.05) is 31.2 Å². The first kappa shape index (κ1) is 24.1. The molecule has 0 bridgehead atoms. The molecular weight excluding hydrogens is 433 g/mol. The number of ether oxygens (including phenoxy) is 1. The zero-order valence-electron chi connectivity index (χ0n) is 18.6. The van der Waals surface area contributed by atoms with Gasteiger partial charge in [0.25, 0.3) is 0 Å². The number of benzene rings is 3. The minimum Gasteiger partial charge on any atom is -0.497 e. The molecule has 3 aromatic rings. The lowest BCUT2D eigenvalue weighted by Gasteiger charge is -2.25. The zero-order valence-corrected chi connectivity index (χ0v) is 18.6. The summed E-state index contributed by atoms with van der Waals surface area (Å²) >= 11 is 0. The number of hydrogen-bond donors (Lipinski definition) is 1. The van der Waals surface area contributed by atoms with E-state index in [0.29, 0.717) is 13.0 Å². The fourth-order valence-corrected chi connectivity index (χ4v) is 3.58. The summed E-state index contributed by atoms with van der Waals surface area (Å²) in [6.45, 7) is 3.58. The van der Waals surface area contributed by atoms with Crippen LogP contribution in [0.15, 0.2) is 48.5 Å². The Hall–Kier alpha value is -3.55. The van der Waals surface area contributed by atoms with Crippen molar-refractivity contribution in [3.8, 4) is 5.75 Å². The van der Waals surface area contributed by atoms with E-state index in [9.17, 15) is 22.8 Å². The number of anilines is 1. The van der Waals surface area contributed by atoms with Crippen LogP contribution in [0, 0.1) is 17.5 Å². The molecule has 0 fully saturated rings. The van der Waals surface area contributed by atoms with E-state index in [1.807, 2.05) is 43.3 Å². The molecule has 0 saturated heterocycles. The van der Waals surface area contributed by atoms with Crippen molar-refractivity contribution in [3.05, 3.63) is 71.5 Å². The Labute approximate surface area is 190 Å². The van der Waals surface area contributed by atoms with E-state index in [-0.39, 0.29) is 12.5 Å². The van der Waals surface area contributed by atoms with Crippen LogP contribution in [0.25, 0.3) is 10.8 Å². The lowest BCUT2D eigenvalue weighted by molar-refractivity contribution is -0.135. The monoisotopic (exact) mass is 458 g/mol. The Bertz CT molecular complexity index is 1180. The molecule has 0 aliphatic rings. The average molecular weight is 458 g/mol. The molecule has 0 aromatic heterocycles. The van der Waals surface area contributed by atoms with E-state index in [1.165, 1.54) is 4.90 Å². The van der Waals surface area contributed by atoms with Gasteiger partial charge < -0.3 is 15.0 Å². The van der Waals surface area contributed by atoms with Gasteiger partial charge in [-0.15, -0.1) is 0 Å². The highest BCUT2D eigenvalue weighted by molar-refractivity contribution is 5.96. The van der Waals surface area contributed by atoms with Gasteiger partial charge in [-0.25, -0.2) is 13.2 Å². The van der Waals surface area contributed by atoms with Crippen molar-refractivity contribution in [1.82, 2.24) is 4.90 Å². The number of nitrogens with zero attached hydrogens (tertiary/aromatic N) is 1. The maximum Gasteiger partial charge on any atom is 0.244 e. The number of rotatable bonds is 8. The van der Waals surface area contributed by atoms with E-state index in [1.54, 1.807) is 14.0 Å². The van der Waals surface area contributed by atoms with Crippen molar-refractivity contribution >= 4 is 28.3 Å². The molecule has 0 spiro atoms. The van der Waals surface area contributed by atoms with E-state index in [2.05, 4.69) is 5.32 Å². The molecule has 0 unspecified atom stereocenters. The molecule has 3 rings (SSSR count). The number of amides is 2. The third-order valence-corrected chi connectivity index (χ3v) is 5.39. The van der Waals surface area contributed by atoms with Crippen molar-refractivity contribution in [2.75, 3.05) is 25.5 Å². The molecule has 0 radical (unpaired) electrons. The van der Waals surface area contributed by atoms with Crippen molar-refractivity contribution in [2.45, 2.75) is 26.2 Å². The maximum absolute atomic E-state index is 13.9. The number of carbonyl (C=O) groups is 2. The first-order valence-electron chi connectivity index (χ1n) is 10.5. The fourth-order valence-electron chi connectivity index (χ4n) is 3.58. The van der Waals surface area contributed by atoms with E-state index in [4.69, 9.17) is 4.74 Å². The fraction of sp³-hybridized carbons (Fsp3) is 0.280. The van der Waals surface area contributed by atoms with Gasteiger partial charge in [0.1, 0.15) is 5.75 Å². The normalized spacial score (nSPS) is 11.8. The minimum atomic E-state index is -1.67. The maximum atomic E-state index is 13.9. The van der Waals surface area contributed by atoms with Crippen LogP contribution in [0.2, 0.25) is 0 Å². The summed E-state index contributed by atoms with van der Waals surface area (Å²) in [6, 6.07) is 13.0. The molecule has 5 nitrogen and oxygen atoms in total. The second-order valence-corrected chi connectivity index (χ2v) is 7.73. The standard InChI is InChI=1S/C25H25F3N2O3/c1-4-11-30(14-22(31)29-21-10-9-20(26)23(27)24(21)28)25(32)15(2)16-5-6-18-13-19(33-3)8-7-17(18)12-16/h5-10,12-13,15H,4,11,14H2,1-3H3,(H,29,31)/t15-/m0/s1. The second kappa shape index (κ2) is 10.4.